The molecule has 0 aliphatic carbocycles. The number of aromatic nitrogens is 1. The van der Waals surface area contributed by atoms with Gasteiger partial charge in [0.25, 0.3) is 0 Å². The van der Waals surface area contributed by atoms with Gasteiger partial charge in [-0.2, -0.15) is 0 Å². The normalized spacial score (nSPS) is 12.0. The molecule has 21 heavy (non-hydrogen) atoms. The Morgan fingerprint density at radius 2 is 1.62 bits per heavy atom. The van der Waals surface area contributed by atoms with Crippen molar-refractivity contribution in [3.8, 4) is 11.5 Å². The Balaban J connectivity index is 2.29. The summed E-state index contributed by atoms with van der Waals surface area (Å²) in [7, 11) is 3.32. The van der Waals surface area contributed by atoms with Gasteiger partial charge in [-0.05, 0) is 50.1 Å². The maximum Gasteiger partial charge on any atom is 0.161 e. The number of methoxy groups -OCH3 is 2. The first kappa shape index (κ1) is 15.3. The highest BCUT2D eigenvalue weighted by molar-refractivity contribution is 5.44. The molecular formula is C17H24N2O2. The number of nitrogens with one attached hydrogen (secondary N) is 1. The van der Waals surface area contributed by atoms with Gasteiger partial charge in [0.15, 0.2) is 11.5 Å². The van der Waals surface area contributed by atoms with Gasteiger partial charge in [-0.1, -0.05) is 13.0 Å². The fourth-order valence-corrected chi connectivity index (χ4v) is 2.50. The lowest BCUT2D eigenvalue weighted by atomic mass is 10.0. The monoisotopic (exact) mass is 288 g/mol. The van der Waals surface area contributed by atoms with E-state index in [1.165, 1.54) is 17.0 Å². The predicted octanol–water partition coefficient (Wildman–Crippen LogP) is 3.82. The van der Waals surface area contributed by atoms with E-state index in [9.17, 15) is 0 Å². The largest absolute Gasteiger partial charge is 0.493 e. The molecule has 0 saturated carbocycles. The Hall–Kier alpha value is -2.10. The molecule has 0 saturated heterocycles. The lowest BCUT2D eigenvalue weighted by Gasteiger charge is -2.23. The van der Waals surface area contributed by atoms with Crippen molar-refractivity contribution in [2.45, 2.75) is 33.2 Å². The number of rotatable bonds is 6. The summed E-state index contributed by atoms with van der Waals surface area (Å²) in [6.45, 7) is 6.37. The van der Waals surface area contributed by atoms with Gasteiger partial charge in [-0.15, -0.1) is 0 Å². The van der Waals surface area contributed by atoms with Crippen LogP contribution in [0, 0.1) is 13.8 Å². The summed E-state index contributed by atoms with van der Waals surface area (Å²) in [5.74, 6) is 1.51. The van der Waals surface area contributed by atoms with Crippen LogP contribution in [-0.4, -0.2) is 18.9 Å². The highest BCUT2D eigenvalue weighted by atomic mass is 16.5. The third kappa shape index (κ3) is 3.15. The lowest BCUT2D eigenvalue weighted by Crippen LogP contribution is -2.22. The average molecular weight is 288 g/mol. The molecule has 0 aliphatic heterocycles. The minimum Gasteiger partial charge on any atom is -0.493 e. The van der Waals surface area contributed by atoms with Crippen molar-refractivity contribution in [1.82, 2.24) is 4.68 Å². The zero-order valence-corrected chi connectivity index (χ0v) is 13.4. The summed E-state index contributed by atoms with van der Waals surface area (Å²) >= 11 is 0. The number of nitrogens with zero attached hydrogens (tertiary/aromatic N) is 1. The molecule has 1 aromatic heterocycles. The van der Waals surface area contributed by atoms with Gasteiger partial charge in [0.2, 0.25) is 0 Å². The Morgan fingerprint density at radius 1 is 1.00 bits per heavy atom. The van der Waals surface area contributed by atoms with E-state index < -0.39 is 0 Å². The number of benzene rings is 1. The van der Waals surface area contributed by atoms with Crippen LogP contribution in [0.15, 0.2) is 30.3 Å². The van der Waals surface area contributed by atoms with Crippen LogP contribution in [0.5, 0.6) is 11.5 Å². The zero-order valence-electron chi connectivity index (χ0n) is 13.4. The molecule has 4 heteroatoms. The zero-order chi connectivity index (χ0) is 15.4. The van der Waals surface area contributed by atoms with Crippen LogP contribution in [0.25, 0.3) is 0 Å². The van der Waals surface area contributed by atoms with E-state index in [2.05, 4.69) is 49.1 Å². The maximum absolute atomic E-state index is 5.39. The standard InChI is InChI=1S/C17H24N2O2/c1-6-15(18-19-12(2)7-8-13(19)3)14-9-10-16(20-4)17(11-14)21-5/h7-11,15,18H,6H2,1-5H3. The van der Waals surface area contributed by atoms with Crippen LogP contribution >= 0.6 is 0 Å². The van der Waals surface area contributed by atoms with Crippen LogP contribution in [0.2, 0.25) is 0 Å². The van der Waals surface area contributed by atoms with Crippen molar-refractivity contribution in [3.05, 3.63) is 47.3 Å². The van der Waals surface area contributed by atoms with Gasteiger partial charge in [0, 0.05) is 11.4 Å². The van der Waals surface area contributed by atoms with Crippen LogP contribution in [0.4, 0.5) is 0 Å². The summed E-state index contributed by atoms with van der Waals surface area (Å²) in [4.78, 5) is 0. The third-order valence-electron chi connectivity index (χ3n) is 3.77. The van der Waals surface area contributed by atoms with Crippen LogP contribution < -0.4 is 14.9 Å². The number of ether oxygens (including phenoxy) is 2. The lowest BCUT2D eigenvalue weighted by molar-refractivity contribution is 0.354. The first-order valence-corrected chi connectivity index (χ1v) is 7.24. The molecule has 1 N–H and O–H groups in total. The number of aryl methyl sites for hydroxylation is 2. The molecule has 1 heterocycles. The average Bonchev–Trinajstić information content (AvgIpc) is 2.83. The molecule has 2 aromatic rings. The molecule has 0 aliphatic rings. The summed E-state index contributed by atoms with van der Waals surface area (Å²) in [5.41, 5.74) is 7.15. The van der Waals surface area contributed by atoms with Crippen molar-refractivity contribution < 1.29 is 9.47 Å². The number of hydrogen-bond acceptors (Lipinski definition) is 3. The van der Waals surface area contributed by atoms with E-state index in [0.29, 0.717) is 0 Å². The maximum atomic E-state index is 5.39. The molecule has 4 nitrogen and oxygen atoms in total. The van der Waals surface area contributed by atoms with Crippen molar-refractivity contribution in [2.24, 2.45) is 0 Å². The molecular weight excluding hydrogens is 264 g/mol. The van der Waals surface area contributed by atoms with Crippen molar-refractivity contribution >= 4 is 0 Å². The van der Waals surface area contributed by atoms with Crippen LogP contribution in [-0.2, 0) is 0 Å². The molecule has 1 atom stereocenters. The fraction of sp³-hybridized carbons (Fsp3) is 0.412. The summed E-state index contributed by atoms with van der Waals surface area (Å²) in [6.07, 6.45) is 0.979. The molecule has 1 unspecified atom stereocenters. The summed E-state index contributed by atoms with van der Waals surface area (Å²) < 4.78 is 12.8. The van der Waals surface area contributed by atoms with Gasteiger partial charge in [0.1, 0.15) is 0 Å². The molecule has 0 radical (unpaired) electrons. The Bertz CT molecular complexity index is 585. The second-order valence-corrected chi connectivity index (χ2v) is 5.16. The number of hydrogen-bond donors (Lipinski definition) is 1. The van der Waals surface area contributed by atoms with Gasteiger partial charge in [0.05, 0.1) is 20.3 Å². The quantitative estimate of drug-likeness (QED) is 0.877. The van der Waals surface area contributed by atoms with E-state index in [-0.39, 0.29) is 6.04 Å². The second-order valence-electron chi connectivity index (χ2n) is 5.16. The van der Waals surface area contributed by atoms with Gasteiger partial charge in [-0.3, -0.25) is 4.68 Å². The van der Waals surface area contributed by atoms with Crippen LogP contribution in [0.1, 0.15) is 36.3 Å². The molecule has 0 amide bonds. The smallest absolute Gasteiger partial charge is 0.161 e. The first-order chi connectivity index (χ1) is 10.1. The highest BCUT2D eigenvalue weighted by Gasteiger charge is 2.14. The van der Waals surface area contributed by atoms with E-state index in [4.69, 9.17) is 9.47 Å². The fourth-order valence-electron chi connectivity index (χ4n) is 2.50. The molecule has 1 aromatic carbocycles. The van der Waals surface area contributed by atoms with E-state index in [0.717, 1.165) is 17.9 Å². The minimum absolute atomic E-state index is 0.217. The molecule has 114 valence electrons. The summed E-state index contributed by atoms with van der Waals surface area (Å²) in [5, 5.41) is 0. The SMILES string of the molecule is CCC(Nn1c(C)ccc1C)c1ccc(OC)c(OC)c1. The summed E-state index contributed by atoms with van der Waals surface area (Å²) in [6, 6.07) is 10.5. The Labute approximate surface area is 126 Å². The van der Waals surface area contributed by atoms with Crippen LogP contribution in [0.3, 0.4) is 0 Å². The predicted molar refractivity (Wildman–Crippen MR) is 85.8 cm³/mol. The molecule has 0 spiro atoms. The topological polar surface area (TPSA) is 35.4 Å². The second kappa shape index (κ2) is 6.57. The van der Waals surface area contributed by atoms with Crippen molar-refractivity contribution in [2.75, 3.05) is 19.6 Å². The van der Waals surface area contributed by atoms with Gasteiger partial charge >= 0.3 is 0 Å². The van der Waals surface area contributed by atoms with E-state index in [1.54, 1.807) is 14.2 Å². The third-order valence-corrected chi connectivity index (χ3v) is 3.77. The Morgan fingerprint density at radius 3 is 2.14 bits per heavy atom. The minimum atomic E-state index is 0.217. The highest BCUT2D eigenvalue weighted by Crippen LogP contribution is 2.31. The van der Waals surface area contributed by atoms with E-state index >= 15 is 0 Å². The Kier molecular flexibility index (Phi) is 4.78. The van der Waals surface area contributed by atoms with Crippen molar-refractivity contribution in [3.63, 3.8) is 0 Å². The van der Waals surface area contributed by atoms with Gasteiger partial charge in [-0.25, -0.2) is 0 Å². The molecule has 0 fully saturated rings. The van der Waals surface area contributed by atoms with E-state index in [1.807, 2.05) is 12.1 Å². The van der Waals surface area contributed by atoms with Crippen molar-refractivity contribution in [1.29, 1.82) is 0 Å². The molecule has 2 rings (SSSR count). The first-order valence-electron chi connectivity index (χ1n) is 7.24. The molecule has 0 bridgehead atoms. The van der Waals surface area contributed by atoms with Gasteiger partial charge < -0.3 is 14.9 Å².